The molecular formula is C11H9NO3. The highest BCUT2D eigenvalue weighted by Crippen LogP contribution is 2.14. The number of imide groups is 1. The number of rotatable bonds is 2. The number of hydrogen-bond donors (Lipinski definition) is 1. The van der Waals surface area contributed by atoms with Gasteiger partial charge in [-0.15, -0.1) is 0 Å². The van der Waals surface area contributed by atoms with Crippen molar-refractivity contribution < 1.29 is 14.7 Å². The van der Waals surface area contributed by atoms with Gasteiger partial charge in [0, 0.05) is 12.2 Å². The van der Waals surface area contributed by atoms with Crippen LogP contribution in [0.4, 0.5) is 0 Å². The lowest BCUT2D eigenvalue weighted by Crippen LogP contribution is -2.29. The predicted molar refractivity (Wildman–Crippen MR) is 52.8 cm³/mol. The number of phenolic OH excluding ortho intramolecular Hbond substituents is 1. The molecule has 0 aromatic heterocycles. The quantitative estimate of drug-likeness (QED) is 0.724. The fourth-order valence-corrected chi connectivity index (χ4v) is 1.37. The molecule has 0 saturated carbocycles. The summed E-state index contributed by atoms with van der Waals surface area (Å²) in [5.41, 5.74) is 0.804. The van der Waals surface area contributed by atoms with E-state index in [4.69, 9.17) is 5.11 Å². The minimum absolute atomic E-state index is 0.163. The molecule has 0 spiro atoms. The Kier molecular flexibility index (Phi) is 2.25. The lowest BCUT2D eigenvalue weighted by Gasteiger charge is -2.13. The summed E-state index contributed by atoms with van der Waals surface area (Å²) in [6.07, 6.45) is 2.51. The van der Waals surface area contributed by atoms with Crippen LogP contribution >= 0.6 is 0 Å². The third kappa shape index (κ3) is 1.88. The Bertz CT molecular complexity index is 416. The van der Waals surface area contributed by atoms with E-state index in [1.54, 1.807) is 12.1 Å². The molecule has 0 saturated heterocycles. The number of carbonyl (C=O) groups excluding carboxylic acids is 2. The molecule has 15 heavy (non-hydrogen) atoms. The first kappa shape index (κ1) is 9.45. The molecular weight excluding hydrogens is 194 g/mol. The number of aromatic hydroxyl groups is 1. The van der Waals surface area contributed by atoms with Crippen molar-refractivity contribution >= 4 is 11.8 Å². The zero-order valence-corrected chi connectivity index (χ0v) is 7.88. The standard InChI is InChI=1S/C11H9NO3/c13-9-3-1-8(2-4-9)7-12-10(14)5-6-11(12)15/h1-6,13H,7H2. The van der Waals surface area contributed by atoms with Gasteiger partial charge in [0.1, 0.15) is 5.75 Å². The highest BCUT2D eigenvalue weighted by molar-refractivity contribution is 6.12. The molecule has 1 aromatic rings. The Hall–Kier alpha value is -2.10. The highest BCUT2D eigenvalue weighted by Gasteiger charge is 2.22. The van der Waals surface area contributed by atoms with Crippen molar-refractivity contribution in [3.63, 3.8) is 0 Å². The summed E-state index contributed by atoms with van der Waals surface area (Å²) in [7, 11) is 0. The first-order valence-corrected chi connectivity index (χ1v) is 4.48. The summed E-state index contributed by atoms with van der Waals surface area (Å²) >= 11 is 0. The summed E-state index contributed by atoms with van der Waals surface area (Å²) in [5, 5.41) is 9.06. The fourth-order valence-electron chi connectivity index (χ4n) is 1.37. The van der Waals surface area contributed by atoms with Crippen molar-refractivity contribution in [1.82, 2.24) is 4.90 Å². The van der Waals surface area contributed by atoms with Crippen LogP contribution in [-0.2, 0) is 16.1 Å². The van der Waals surface area contributed by atoms with Gasteiger partial charge in [-0.05, 0) is 17.7 Å². The zero-order valence-electron chi connectivity index (χ0n) is 7.88. The molecule has 0 bridgehead atoms. The van der Waals surface area contributed by atoms with E-state index in [0.717, 1.165) is 10.5 Å². The summed E-state index contributed by atoms with van der Waals surface area (Å²) in [6, 6.07) is 6.39. The van der Waals surface area contributed by atoms with E-state index in [0.29, 0.717) is 0 Å². The summed E-state index contributed by atoms with van der Waals surface area (Å²) in [4.78, 5) is 23.6. The Balaban J connectivity index is 2.12. The van der Waals surface area contributed by atoms with E-state index in [2.05, 4.69) is 0 Å². The second-order valence-electron chi connectivity index (χ2n) is 3.26. The summed E-state index contributed by atoms with van der Waals surface area (Å²) in [5.74, 6) is -0.433. The molecule has 0 radical (unpaired) electrons. The van der Waals surface area contributed by atoms with Gasteiger partial charge in [-0.2, -0.15) is 0 Å². The van der Waals surface area contributed by atoms with E-state index in [1.165, 1.54) is 24.3 Å². The van der Waals surface area contributed by atoms with Crippen LogP contribution in [0.1, 0.15) is 5.56 Å². The molecule has 1 aromatic carbocycles. The molecule has 4 heteroatoms. The van der Waals surface area contributed by atoms with Crippen molar-refractivity contribution in [2.24, 2.45) is 0 Å². The van der Waals surface area contributed by atoms with Crippen molar-refractivity contribution in [3.05, 3.63) is 42.0 Å². The molecule has 2 rings (SSSR count). The average molecular weight is 203 g/mol. The number of benzene rings is 1. The second-order valence-corrected chi connectivity index (χ2v) is 3.26. The Morgan fingerprint density at radius 2 is 1.53 bits per heavy atom. The molecule has 1 aliphatic heterocycles. The Morgan fingerprint density at radius 3 is 2.07 bits per heavy atom. The normalized spacial score (nSPS) is 15.1. The van der Waals surface area contributed by atoms with Gasteiger partial charge in [0.2, 0.25) is 0 Å². The third-order valence-electron chi connectivity index (χ3n) is 2.18. The topological polar surface area (TPSA) is 57.6 Å². The number of carbonyl (C=O) groups is 2. The summed E-state index contributed by atoms with van der Waals surface area (Å²) in [6.45, 7) is 0.241. The molecule has 1 heterocycles. The second kappa shape index (κ2) is 3.57. The van der Waals surface area contributed by atoms with Crippen LogP contribution in [0.25, 0.3) is 0 Å². The van der Waals surface area contributed by atoms with Crippen LogP contribution in [-0.4, -0.2) is 21.8 Å². The molecule has 4 nitrogen and oxygen atoms in total. The molecule has 0 aliphatic carbocycles. The first-order valence-electron chi connectivity index (χ1n) is 4.48. The van der Waals surface area contributed by atoms with Crippen LogP contribution in [0.3, 0.4) is 0 Å². The highest BCUT2D eigenvalue weighted by atomic mass is 16.3. The van der Waals surface area contributed by atoms with E-state index in [-0.39, 0.29) is 24.1 Å². The molecule has 1 aliphatic rings. The number of nitrogens with zero attached hydrogens (tertiary/aromatic N) is 1. The van der Waals surface area contributed by atoms with E-state index >= 15 is 0 Å². The van der Waals surface area contributed by atoms with Crippen molar-refractivity contribution in [3.8, 4) is 5.75 Å². The van der Waals surface area contributed by atoms with Crippen LogP contribution in [0.5, 0.6) is 5.75 Å². The minimum Gasteiger partial charge on any atom is -0.508 e. The van der Waals surface area contributed by atoms with Crippen LogP contribution in [0, 0.1) is 0 Å². The van der Waals surface area contributed by atoms with Gasteiger partial charge in [-0.25, -0.2) is 0 Å². The van der Waals surface area contributed by atoms with Gasteiger partial charge in [0.05, 0.1) is 6.54 Å². The zero-order chi connectivity index (χ0) is 10.8. The molecule has 76 valence electrons. The fraction of sp³-hybridized carbons (Fsp3) is 0.0909. The molecule has 0 fully saturated rings. The monoisotopic (exact) mass is 203 g/mol. The number of phenols is 1. The van der Waals surface area contributed by atoms with Gasteiger partial charge >= 0.3 is 0 Å². The van der Waals surface area contributed by atoms with E-state index < -0.39 is 0 Å². The van der Waals surface area contributed by atoms with Crippen molar-refractivity contribution in [2.75, 3.05) is 0 Å². The minimum atomic E-state index is -0.298. The maximum atomic E-state index is 11.2. The van der Waals surface area contributed by atoms with Gasteiger partial charge in [-0.3, -0.25) is 14.5 Å². The maximum absolute atomic E-state index is 11.2. The predicted octanol–water partition coefficient (Wildman–Crippen LogP) is 0.817. The smallest absolute Gasteiger partial charge is 0.253 e. The lowest BCUT2D eigenvalue weighted by molar-refractivity contribution is -0.137. The molecule has 2 amide bonds. The first-order chi connectivity index (χ1) is 7.16. The van der Waals surface area contributed by atoms with Gasteiger partial charge in [0.15, 0.2) is 0 Å². The summed E-state index contributed by atoms with van der Waals surface area (Å²) < 4.78 is 0. The van der Waals surface area contributed by atoms with Crippen LogP contribution < -0.4 is 0 Å². The Labute approximate surface area is 86.4 Å². The van der Waals surface area contributed by atoms with E-state index in [9.17, 15) is 9.59 Å². The number of hydrogen-bond acceptors (Lipinski definition) is 3. The van der Waals surface area contributed by atoms with E-state index in [1.807, 2.05) is 0 Å². The van der Waals surface area contributed by atoms with Crippen LogP contribution in [0.2, 0.25) is 0 Å². The van der Waals surface area contributed by atoms with Crippen molar-refractivity contribution in [2.45, 2.75) is 6.54 Å². The SMILES string of the molecule is O=C1C=CC(=O)N1Cc1ccc(O)cc1. The third-order valence-corrected chi connectivity index (χ3v) is 2.18. The van der Waals surface area contributed by atoms with Crippen LogP contribution in [0.15, 0.2) is 36.4 Å². The average Bonchev–Trinajstić information content (AvgIpc) is 2.53. The van der Waals surface area contributed by atoms with Gasteiger partial charge < -0.3 is 5.11 Å². The van der Waals surface area contributed by atoms with Gasteiger partial charge in [0.25, 0.3) is 11.8 Å². The lowest BCUT2D eigenvalue weighted by atomic mass is 10.2. The van der Waals surface area contributed by atoms with Crippen molar-refractivity contribution in [1.29, 1.82) is 0 Å². The molecule has 0 unspecified atom stereocenters. The molecule has 1 N–H and O–H groups in total. The largest absolute Gasteiger partial charge is 0.508 e. The van der Waals surface area contributed by atoms with Gasteiger partial charge in [-0.1, -0.05) is 12.1 Å². The molecule has 0 atom stereocenters. The number of amides is 2. The maximum Gasteiger partial charge on any atom is 0.253 e. The Morgan fingerprint density at radius 1 is 1.00 bits per heavy atom.